The minimum atomic E-state index is 0.398. The van der Waals surface area contributed by atoms with Gasteiger partial charge in [-0.15, -0.1) is 0 Å². The van der Waals surface area contributed by atoms with Crippen LogP contribution >= 0.6 is 0 Å². The first-order valence-corrected chi connectivity index (χ1v) is 8.70. The molecule has 3 heterocycles. The molecule has 3 aliphatic rings. The van der Waals surface area contributed by atoms with Crippen LogP contribution in [-0.4, -0.2) is 47.6 Å². The highest BCUT2D eigenvalue weighted by Gasteiger charge is 2.42. The van der Waals surface area contributed by atoms with Crippen molar-refractivity contribution in [3.05, 3.63) is 11.8 Å². The van der Waals surface area contributed by atoms with E-state index in [4.69, 9.17) is 5.73 Å². The molecule has 120 valence electrons. The van der Waals surface area contributed by atoms with Crippen LogP contribution in [0.2, 0.25) is 0 Å². The summed E-state index contributed by atoms with van der Waals surface area (Å²) in [4.78, 5) is 13.8. The lowest BCUT2D eigenvalue weighted by Gasteiger charge is -2.40. The quantitative estimate of drug-likeness (QED) is 0.926. The summed E-state index contributed by atoms with van der Waals surface area (Å²) >= 11 is 0. The van der Waals surface area contributed by atoms with Crippen LogP contribution in [-0.2, 0) is 0 Å². The number of hydrogen-bond donors (Lipinski definition) is 1. The summed E-state index contributed by atoms with van der Waals surface area (Å²) in [5, 5.41) is 0. The molecule has 0 radical (unpaired) electrons. The Morgan fingerprint density at radius 3 is 2.86 bits per heavy atom. The van der Waals surface area contributed by atoms with E-state index >= 15 is 0 Å². The SMILES string of the molecule is Cc1cc(N2CC[C@]3(CCCN(CC4CC4)C3)C2)nc(N)n1. The van der Waals surface area contributed by atoms with Gasteiger partial charge in [0.2, 0.25) is 5.95 Å². The zero-order chi connectivity index (χ0) is 15.2. The summed E-state index contributed by atoms with van der Waals surface area (Å²) in [6.07, 6.45) is 6.91. The molecule has 2 aliphatic heterocycles. The van der Waals surface area contributed by atoms with Crippen LogP contribution in [0.4, 0.5) is 11.8 Å². The maximum Gasteiger partial charge on any atom is 0.222 e. The third-order valence-corrected chi connectivity index (χ3v) is 5.57. The van der Waals surface area contributed by atoms with Gasteiger partial charge in [0.15, 0.2) is 0 Å². The van der Waals surface area contributed by atoms with Crippen molar-refractivity contribution in [2.45, 2.75) is 39.0 Å². The summed E-state index contributed by atoms with van der Waals surface area (Å²) in [7, 11) is 0. The molecule has 3 fully saturated rings. The van der Waals surface area contributed by atoms with Crippen LogP contribution in [0.1, 0.15) is 37.8 Å². The summed E-state index contributed by atoms with van der Waals surface area (Å²) in [5.41, 5.74) is 7.26. The second-order valence-corrected chi connectivity index (χ2v) is 7.68. The third-order valence-electron chi connectivity index (χ3n) is 5.57. The molecule has 22 heavy (non-hydrogen) atoms. The number of rotatable bonds is 3. The van der Waals surface area contributed by atoms with E-state index in [0.717, 1.165) is 30.5 Å². The van der Waals surface area contributed by atoms with Crippen LogP contribution in [0.25, 0.3) is 0 Å². The molecule has 0 aromatic carbocycles. The molecule has 0 unspecified atom stereocenters. The number of nitrogen functional groups attached to an aromatic ring is 1. The maximum atomic E-state index is 5.82. The summed E-state index contributed by atoms with van der Waals surface area (Å²) < 4.78 is 0. The van der Waals surface area contributed by atoms with Crippen molar-refractivity contribution >= 4 is 11.8 Å². The van der Waals surface area contributed by atoms with Crippen molar-refractivity contribution in [3.63, 3.8) is 0 Å². The summed E-state index contributed by atoms with van der Waals surface area (Å²) in [6, 6.07) is 2.07. The molecule has 1 spiro atoms. The molecule has 2 saturated heterocycles. The Morgan fingerprint density at radius 1 is 1.23 bits per heavy atom. The first kappa shape index (κ1) is 14.2. The monoisotopic (exact) mass is 301 g/mol. The van der Waals surface area contributed by atoms with Gasteiger partial charge in [-0.25, -0.2) is 4.98 Å². The van der Waals surface area contributed by atoms with Crippen LogP contribution < -0.4 is 10.6 Å². The predicted molar refractivity (Wildman–Crippen MR) is 88.8 cm³/mol. The molecule has 5 nitrogen and oxygen atoms in total. The predicted octanol–water partition coefficient (Wildman–Crippen LogP) is 2.07. The minimum absolute atomic E-state index is 0.398. The lowest BCUT2D eigenvalue weighted by atomic mass is 9.79. The first-order valence-electron chi connectivity index (χ1n) is 8.70. The van der Waals surface area contributed by atoms with Crippen molar-refractivity contribution < 1.29 is 0 Å². The fourth-order valence-corrected chi connectivity index (χ4v) is 4.33. The van der Waals surface area contributed by atoms with Gasteiger partial charge in [0, 0.05) is 43.4 Å². The van der Waals surface area contributed by atoms with Gasteiger partial charge < -0.3 is 15.5 Å². The number of likely N-dealkylation sites (tertiary alicyclic amines) is 1. The largest absolute Gasteiger partial charge is 0.368 e. The molecular formula is C17H27N5. The minimum Gasteiger partial charge on any atom is -0.368 e. The van der Waals surface area contributed by atoms with Crippen molar-refractivity contribution in [2.75, 3.05) is 43.4 Å². The van der Waals surface area contributed by atoms with Gasteiger partial charge in [0.05, 0.1) is 0 Å². The molecule has 2 N–H and O–H groups in total. The van der Waals surface area contributed by atoms with E-state index in [9.17, 15) is 0 Å². The van der Waals surface area contributed by atoms with Crippen LogP contribution in [0.5, 0.6) is 0 Å². The highest BCUT2D eigenvalue weighted by molar-refractivity contribution is 5.44. The Kier molecular flexibility index (Phi) is 3.48. The first-order chi connectivity index (χ1) is 10.6. The Balaban J connectivity index is 1.46. The lowest BCUT2D eigenvalue weighted by Crippen LogP contribution is -2.45. The number of aromatic nitrogens is 2. The summed E-state index contributed by atoms with van der Waals surface area (Å²) in [6.45, 7) is 8.14. The fraction of sp³-hybridized carbons (Fsp3) is 0.765. The zero-order valence-corrected chi connectivity index (χ0v) is 13.6. The van der Waals surface area contributed by atoms with E-state index in [0.29, 0.717) is 11.4 Å². The molecular weight excluding hydrogens is 274 g/mol. The number of aryl methyl sites for hydroxylation is 1. The molecule has 1 atom stereocenters. The third kappa shape index (κ3) is 2.91. The zero-order valence-electron chi connectivity index (χ0n) is 13.6. The molecule has 0 amide bonds. The fourth-order valence-electron chi connectivity index (χ4n) is 4.33. The van der Waals surface area contributed by atoms with Crippen LogP contribution in [0, 0.1) is 18.3 Å². The van der Waals surface area contributed by atoms with Gasteiger partial charge in [0.25, 0.3) is 0 Å². The Morgan fingerprint density at radius 2 is 2.09 bits per heavy atom. The second-order valence-electron chi connectivity index (χ2n) is 7.68. The van der Waals surface area contributed by atoms with Crippen molar-refractivity contribution in [1.29, 1.82) is 0 Å². The van der Waals surface area contributed by atoms with E-state index < -0.39 is 0 Å². The van der Waals surface area contributed by atoms with Crippen LogP contribution in [0.15, 0.2) is 6.07 Å². The number of piperidine rings is 1. The normalized spacial score (nSPS) is 29.4. The van der Waals surface area contributed by atoms with Gasteiger partial charge in [-0.3, -0.25) is 0 Å². The molecule has 1 saturated carbocycles. The van der Waals surface area contributed by atoms with E-state index in [-0.39, 0.29) is 0 Å². The van der Waals surface area contributed by atoms with Crippen molar-refractivity contribution in [1.82, 2.24) is 14.9 Å². The number of hydrogen-bond acceptors (Lipinski definition) is 5. The number of anilines is 2. The maximum absolute atomic E-state index is 5.82. The van der Waals surface area contributed by atoms with Gasteiger partial charge >= 0.3 is 0 Å². The second kappa shape index (κ2) is 5.37. The van der Waals surface area contributed by atoms with E-state index in [1.54, 1.807) is 0 Å². The Hall–Kier alpha value is -1.36. The standard InChI is InChI=1S/C17H27N5/c1-13-9-15(20-16(18)19-13)22-8-6-17(12-22)5-2-7-21(11-17)10-14-3-4-14/h9,14H,2-8,10-12H2,1H3,(H2,18,19,20)/t17-/m0/s1. The average molecular weight is 301 g/mol. The topological polar surface area (TPSA) is 58.3 Å². The molecule has 1 aromatic heterocycles. The summed E-state index contributed by atoms with van der Waals surface area (Å²) in [5.74, 6) is 2.41. The average Bonchev–Trinajstić information content (AvgIpc) is 3.18. The van der Waals surface area contributed by atoms with E-state index in [1.807, 2.05) is 6.92 Å². The molecule has 5 heteroatoms. The van der Waals surface area contributed by atoms with Crippen molar-refractivity contribution in [2.24, 2.45) is 11.3 Å². The van der Waals surface area contributed by atoms with Crippen LogP contribution in [0.3, 0.4) is 0 Å². The molecule has 0 bridgehead atoms. The number of nitrogens with two attached hydrogens (primary N) is 1. The number of nitrogens with zero attached hydrogens (tertiary/aromatic N) is 4. The van der Waals surface area contributed by atoms with Crippen molar-refractivity contribution in [3.8, 4) is 0 Å². The molecule has 1 aromatic rings. The lowest BCUT2D eigenvalue weighted by molar-refractivity contribution is 0.101. The van der Waals surface area contributed by atoms with Gasteiger partial charge in [-0.05, 0) is 51.5 Å². The van der Waals surface area contributed by atoms with Gasteiger partial charge in [-0.2, -0.15) is 4.98 Å². The Bertz CT molecular complexity index is 536. The van der Waals surface area contributed by atoms with Gasteiger partial charge in [-0.1, -0.05) is 0 Å². The van der Waals surface area contributed by atoms with E-state index in [2.05, 4.69) is 25.8 Å². The Labute approximate surface area is 132 Å². The highest BCUT2D eigenvalue weighted by atomic mass is 15.3. The van der Waals surface area contributed by atoms with E-state index in [1.165, 1.54) is 51.7 Å². The van der Waals surface area contributed by atoms with Gasteiger partial charge in [0.1, 0.15) is 5.82 Å². The smallest absolute Gasteiger partial charge is 0.222 e. The highest BCUT2D eigenvalue weighted by Crippen LogP contribution is 2.41. The molecule has 4 rings (SSSR count). The molecule has 1 aliphatic carbocycles.